The van der Waals surface area contributed by atoms with E-state index in [1.807, 2.05) is 20.8 Å². The highest BCUT2D eigenvalue weighted by Crippen LogP contribution is 1.98. The Labute approximate surface area is 91.1 Å². The van der Waals surface area contributed by atoms with E-state index in [-0.39, 0.29) is 44.3 Å². The molecule has 0 atom stereocenters. The maximum atomic E-state index is 11.6. The van der Waals surface area contributed by atoms with Crippen LogP contribution < -0.4 is 5.32 Å². The number of hydrogen-bond acceptors (Lipinski definition) is 4. The lowest BCUT2D eigenvalue weighted by Gasteiger charge is -2.25. The quantitative estimate of drug-likeness (QED) is 0.545. The first-order chi connectivity index (χ1) is 6.90. The van der Waals surface area contributed by atoms with Crippen LogP contribution in [0.5, 0.6) is 0 Å². The second-order valence-electron chi connectivity index (χ2n) is 4.43. The standard InChI is InChI=1S/C10H22N2O3/c1-10(2,3)11-8-9(15)12(4-6-13)5-7-14/h11,13-14H,4-8H2,1-3H3. The maximum absolute atomic E-state index is 11.6. The van der Waals surface area contributed by atoms with E-state index in [9.17, 15) is 4.79 Å². The van der Waals surface area contributed by atoms with Crippen molar-refractivity contribution in [1.82, 2.24) is 10.2 Å². The van der Waals surface area contributed by atoms with E-state index in [0.717, 1.165) is 0 Å². The van der Waals surface area contributed by atoms with Crippen molar-refractivity contribution in [1.29, 1.82) is 0 Å². The van der Waals surface area contributed by atoms with Crippen LogP contribution in [0.4, 0.5) is 0 Å². The van der Waals surface area contributed by atoms with Gasteiger partial charge in [-0.2, -0.15) is 0 Å². The fourth-order valence-corrected chi connectivity index (χ4v) is 1.06. The van der Waals surface area contributed by atoms with Gasteiger partial charge < -0.3 is 20.4 Å². The lowest BCUT2D eigenvalue weighted by atomic mass is 10.1. The van der Waals surface area contributed by atoms with Gasteiger partial charge in [-0.1, -0.05) is 0 Å². The topological polar surface area (TPSA) is 72.8 Å². The fourth-order valence-electron chi connectivity index (χ4n) is 1.06. The summed E-state index contributed by atoms with van der Waals surface area (Å²) in [5, 5.41) is 20.6. The Hall–Kier alpha value is -0.650. The molecule has 0 spiro atoms. The van der Waals surface area contributed by atoms with Crippen LogP contribution in [0.1, 0.15) is 20.8 Å². The van der Waals surface area contributed by atoms with E-state index in [1.165, 1.54) is 4.90 Å². The summed E-state index contributed by atoms with van der Waals surface area (Å²) in [6.07, 6.45) is 0. The Morgan fingerprint density at radius 2 is 1.67 bits per heavy atom. The van der Waals surface area contributed by atoms with Gasteiger partial charge in [-0.3, -0.25) is 4.79 Å². The van der Waals surface area contributed by atoms with Gasteiger partial charge in [0.05, 0.1) is 19.8 Å². The third-order valence-corrected chi connectivity index (χ3v) is 1.86. The SMILES string of the molecule is CC(C)(C)NCC(=O)N(CCO)CCO. The molecule has 0 radical (unpaired) electrons. The minimum atomic E-state index is -0.111. The van der Waals surface area contributed by atoms with Gasteiger partial charge in [-0.15, -0.1) is 0 Å². The largest absolute Gasteiger partial charge is 0.395 e. The summed E-state index contributed by atoms with van der Waals surface area (Å²) in [5.74, 6) is -0.104. The first kappa shape index (κ1) is 14.3. The first-order valence-corrected chi connectivity index (χ1v) is 5.15. The van der Waals surface area contributed by atoms with Crippen molar-refractivity contribution in [2.45, 2.75) is 26.3 Å². The minimum Gasteiger partial charge on any atom is -0.395 e. The molecule has 3 N–H and O–H groups in total. The van der Waals surface area contributed by atoms with E-state index < -0.39 is 0 Å². The molecule has 0 heterocycles. The molecule has 5 heteroatoms. The van der Waals surface area contributed by atoms with Gasteiger partial charge in [0.15, 0.2) is 0 Å². The number of nitrogens with zero attached hydrogens (tertiary/aromatic N) is 1. The van der Waals surface area contributed by atoms with Crippen LogP contribution in [0.3, 0.4) is 0 Å². The van der Waals surface area contributed by atoms with Crippen LogP contribution >= 0.6 is 0 Å². The molecule has 0 aromatic rings. The molecule has 0 aliphatic heterocycles. The van der Waals surface area contributed by atoms with Crippen LogP contribution in [0.25, 0.3) is 0 Å². The summed E-state index contributed by atoms with van der Waals surface area (Å²) in [6, 6.07) is 0. The molecular formula is C10H22N2O3. The Balaban J connectivity index is 4.02. The number of aliphatic hydroxyl groups excluding tert-OH is 2. The Morgan fingerprint density at radius 3 is 2.00 bits per heavy atom. The van der Waals surface area contributed by atoms with Crippen LogP contribution in [-0.4, -0.2) is 59.4 Å². The Bertz CT molecular complexity index is 184. The normalized spacial score (nSPS) is 11.5. The van der Waals surface area contributed by atoms with Crippen LogP contribution in [0, 0.1) is 0 Å². The van der Waals surface area contributed by atoms with Crippen molar-refractivity contribution in [2.24, 2.45) is 0 Å². The third kappa shape index (κ3) is 7.30. The van der Waals surface area contributed by atoms with Gasteiger partial charge in [0.25, 0.3) is 0 Å². The monoisotopic (exact) mass is 218 g/mol. The van der Waals surface area contributed by atoms with Crippen molar-refractivity contribution in [3.8, 4) is 0 Å². The molecule has 90 valence electrons. The molecule has 0 saturated carbocycles. The van der Waals surface area contributed by atoms with E-state index >= 15 is 0 Å². The zero-order chi connectivity index (χ0) is 11.9. The zero-order valence-electron chi connectivity index (χ0n) is 9.79. The molecule has 15 heavy (non-hydrogen) atoms. The minimum absolute atomic E-state index is 0.0821. The first-order valence-electron chi connectivity index (χ1n) is 5.15. The molecular weight excluding hydrogens is 196 g/mol. The highest BCUT2D eigenvalue weighted by molar-refractivity contribution is 5.78. The maximum Gasteiger partial charge on any atom is 0.236 e. The van der Waals surface area contributed by atoms with E-state index in [0.29, 0.717) is 0 Å². The molecule has 1 amide bonds. The lowest BCUT2D eigenvalue weighted by molar-refractivity contribution is -0.131. The fraction of sp³-hybridized carbons (Fsp3) is 0.900. The molecule has 0 saturated heterocycles. The van der Waals surface area contributed by atoms with Crippen molar-refractivity contribution in [3.63, 3.8) is 0 Å². The number of aliphatic hydroxyl groups is 2. The van der Waals surface area contributed by atoms with Gasteiger partial charge in [-0.05, 0) is 20.8 Å². The van der Waals surface area contributed by atoms with Crippen molar-refractivity contribution in [3.05, 3.63) is 0 Å². The summed E-state index contributed by atoms with van der Waals surface area (Å²) in [7, 11) is 0. The molecule has 0 bridgehead atoms. The van der Waals surface area contributed by atoms with Crippen LogP contribution in [-0.2, 0) is 4.79 Å². The molecule has 0 unspecified atom stereocenters. The van der Waals surface area contributed by atoms with Crippen molar-refractivity contribution < 1.29 is 15.0 Å². The molecule has 0 aliphatic carbocycles. The molecule has 5 nitrogen and oxygen atoms in total. The number of hydrogen-bond donors (Lipinski definition) is 3. The smallest absolute Gasteiger partial charge is 0.236 e. The third-order valence-electron chi connectivity index (χ3n) is 1.86. The van der Waals surface area contributed by atoms with E-state index in [4.69, 9.17) is 10.2 Å². The lowest BCUT2D eigenvalue weighted by Crippen LogP contribution is -2.46. The summed E-state index contributed by atoms with van der Waals surface area (Å²) in [5.41, 5.74) is -0.111. The van der Waals surface area contributed by atoms with Gasteiger partial charge in [0.1, 0.15) is 0 Å². The summed E-state index contributed by atoms with van der Waals surface area (Å²) < 4.78 is 0. The van der Waals surface area contributed by atoms with Crippen molar-refractivity contribution in [2.75, 3.05) is 32.8 Å². The Kier molecular flexibility index (Phi) is 6.47. The average Bonchev–Trinajstić information content (AvgIpc) is 2.13. The summed E-state index contributed by atoms with van der Waals surface area (Å²) >= 11 is 0. The zero-order valence-corrected chi connectivity index (χ0v) is 9.79. The number of amides is 1. The number of nitrogens with one attached hydrogen (secondary N) is 1. The van der Waals surface area contributed by atoms with Crippen LogP contribution in [0.15, 0.2) is 0 Å². The second-order valence-corrected chi connectivity index (χ2v) is 4.43. The molecule has 0 fully saturated rings. The van der Waals surface area contributed by atoms with Gasteiger partial charge >= 0.3 is 0 Å². The molecule has 0 aromatic heterocycles. The summed E-state index contributed by atoms with van der Waals surface area (Å²) in [4.78, 5) is 13.1. The summed E-state index contributed by atoms with van der Waals surface area (Å²) in [6.45, 7) is 6.52. The molecule has 0 aliphatic rings. The Morgan fingerprint density at radius 1 is 1.20 bits per heavy atom. The highest BCUT2D eigenvalue weighted by Gasteiger charge is 2.15. The molecule has 0 rings (SSSR count). The number of carbonyl (C=O) groups is 1. The predicted octanol–water partition coefficient (Wildman–Crippen LogP) is -0.812. The van der Waals surface area contributed by atoms with Crippen LogP contribution in [0.2, 0.25) is 0 Å². The van der Waals surface area contributed by atoms with E-state index in [2.05, 4.69) is 5.32 Å². The van der Waals surface area contributed by atoms with E-state index in [1.54, 1.807) is 0 Å². The van der Waals surface area contributed by atoms with Gasteiger partial charge in [-0.25, -0.2) is 0 Å². The van der Waals surface area contributed by atoms with Crippen molar-refractivity contribution >= 4 is 5.91 Å². The second kappa shape index (κ2) is 6.76. The average molecular weight is 218 g/mol. The molecule has 0 aromatic carbocycles. The highest BCUT2D eigenvalue weighted by atomic mass is 16.3. The van der Waals surface area contributed by atoms with Gasteiger partial charge in [0, 0.05) is 18.6 Å². The number of carbonyl (C=O) groups excluding carboxylic acids is 1. The predicted molar refractivity (Wildman–Crippen MR) is 58.5 cm³/mol. The number of rotatable bonds is 6. The van der Waals surface area contributed by atoms with Gasteiger partial charge in [0.2, 0.25) is 5.91 Å².